The van der Waals surface area contributed by atoms with Gasteiger partial charge in [-0.3, -0.25) is 9.36 Å². The molecule has 8 heteroatoms. The van der Waals surface area contributed by atoms with Crippen molar-refractivity contribution in [3.8, 4) is 0 Å². The number of para-hydroxylation sites is 2. The van der Waals surface area contributed by atoms with Crippen LogP contribution in [0.25, 0.3) is 11.1 Å². The summed E-state index contributed by atoms with van der Waals surface area (Å²) < 4.78 is 7.78. The van der Waals surface area contributed by atoms with Crippen LogP contribution in [0.3, 0.4) is 0 Å². The minimum Gasteiger partial charge on any atom is -0.408 e. The molecule has 0 saturated carbocycles. The summed E-state index contributed by atoms with van der Waals surface area (Å²) in [5.74, 6) is 0.690. The van der Waals surface area contributed by atoms with E-state index in [9.17, 15) is 9.59 Å². The molecular formula is C20H21BrN4O3. The Morgan fingerprint density at radius 1 is 1.11 bits per heavy atom. The van der Waals surface area contributed by atoms with Gasteiger partial charge in [-0.15, -0.1) is 0 Å². The van der Waals surface area contributed by atoms with Gasteiger partial charge in [0.2, 0.25) is 5.91 Å². The third kappa shape index (κ3) is 3.96. The van der Waals surface area contributed by atoms with E-state index in [1.54, 1.807) is 16.8 Å². The molecule has 1 fully saturated rings. The van der Waals surface area contributed by atoms with Crippen LogP contribution in [0.15, 0.2) is 56.3 Å². The van der Waals surface area contributed by atoms with Crippen molar-refractivity contribution in [1.82, 2.24) is 14.5 Å². The van der Waals surface area contributed by atoms with E-state index >= 15 is 0 Å². The average Bonchev–Trinajstić information content (AvgIpc) is 3.04. The summed E-state index contributed by atoms with van der Waals surface area (Å²) in [5, 5.41) is 0. The number of piperazine rings is 1. The highest BCUT2D eigenvalue weighted by Crippen LogP contribution is 2.17. The van der Waals surface area contributed by atoms with Crippen molar-refractivity contribution in [2.75, 3.05) is 31.1 Å². The Kier molecular flexibility index (Phi) is 5.47. The number of fused-ring (bicyclic) bond motifs is 1. The van der Waals surface area contributed by atoms with E-state index in [1.807, 2.05) is 35.2 Å². The second kappa shape index (κ2) is 8.18. The maximum atomic E-state index is 12.5. The van der Waals surface area contributed by atoms with Crippen molar-refractivity contribution in [1.29, 1.82) is 0 Å². The lowest BCUT2D eigenvalue weighted by Crippen LogP contribution is -2.49. The fourth-order valence-electron chi connectivity index (χ4n) is 3.51. The Balaban J connectivity index is 1.28. The molecule has 0 unspecified atom stereocenters. The summed E-state index contributed by atoms with van der Waals surface area (Å²) in [6.07, 6.45) is 2.81. The highest BCUT2D eigenvalue weighted by Gasteiger charge is 2.21. The van der Waals surface area contributed by atoms with Crippen LogP contribution in [-0.2, 0) is 11.3 Å². The van der Waals surface area contributed by atoms with Gasteiger partial charge in [-0.05, 0) is 46.6 Å². The fraction of sp³-hybridized carbons (Fsp3) is 0.350. The van der Waals surface area contributed by atoms with Gasteiger partial charge in [-0.25, -0.2) is 9.78 Å². The normalized spacial score (nSPS) is 14.6. The van der Waals surface area contributed by atoms with E-state index in [-0.39, 0.29) is 11.7 Å². The van der Waals surface area contributed by atoms with Gasteiger partial charge in [-0.2, -0.15) is 0 Å². The van der Waals surface area contributed by atoms with Gasteiger partial charge in [0, 0.05) is 49.8 Å². The Labute approximate surface area is 170 Å². The van der Waals surface area contributed by atoms with E-state index < -0.39 is 0 Å². The van der Waals surface area contributed by atoms with E-state index in [0.717, 1.165) is 28.9 Å². The monoisotopic (exact) mass is 444 g/mol. The van der Waals surface area contributed by atoms with Crippen LogP contribution >= 0.6 is 15.9 Å². The quantitative estimate of drug-likeness (QED) is 0.604. The van der Waals surface area contributed by atoms with Crippen molar-refractivity contribution in [2.45, 2.75) is 19.4 Å². The summed E-state index contributed by atoms with van der Waals surface area (Å²) in [6, 6.07) is 11.3. The third-order valence-corrected chi connectivity index (χ3v) is 5.48. The average molecular weight is 445 g/mol. The Bertz CT molecular complexity index is 1020. The highest BCUT2D eigenvalue weighted by atomic mass is 79.9. The number of carbonyl (C=O) groups excluding carboxylic acids is 1. The lowest BCUT2D eigenvalue weighted by molar-refractivity contribution is -0.131. The summed E-state index contributed by atoms with van der Waals surface area (Å²) >= 11 is 3.39. The Morgan fingerprint density at radius 2 is 1.89 bits per heavy atom. The molecule has 0 atom stereocenters. The van der Waals surface area contributed by atoms with Crippen LogP contribution in [0.4, 0.5) is 5.82 Å². The van der Waals surface area contributed by atoms with Crippen LogP contribution < -0.4 is 10.7 Å². The summed E-state index contributed by atoms with van der Waals surface area (Å²) in [4.78, 5) is 33.0. The van der Waals surface area contributed by atoms with Gasteiger partial charge >= 0.3 is 5.76 Å². The molecule has 146 valence electrons. The molecule has 4 rings (SSSR count). The van der Waals surface area contributed by atoms with Crippen molar-refractivity contribution in [3.05, 3.63) is 57.6 Å². The first-order chi connectivity index (χ1) is 13.6. The molecule has 2 aromatic heterocycles. The van der Waals surface area contributed by atoms with Crippen LogP contribution in [0.1, 0.15) is 12.8 Å². The molecule has 0 N–H and O–H groups in total. The molecule has 0 radical (unpaired) electrons. The van der Waals surface area contributed by atoms with Crippen LogP contribution in [0.5, 0.6) is 0 Å². The number of amides is 1. The third-order valence-electron chi connectivity index (χ3n) is 5.01. The van der Waals surface area contributed by atoms with Crippen molar-refractivity contribution >= 4 is 38.8 Å². The number of benzene rings is 1. The van der Waals surface area contributed by atoms with E-state index in [1.165, 1.54) is 0 Å². The van der Waals surface area contributed by atoms with E-state index in [2.05, 4.69) is 25.8 Å². The lowest BCUT2D eigenvalue weighted by Gasteiger charge is -2.35. The van der Waals surface area contributed by atoms with Gasteiger partial charge in [-0.1, -0.05) is 12.1 Å². The predicted octanol–water partition coefficient (Wildman–Crippen LogP) is 2.88. The zero-order chi connectivity index (χ0) is 19.5. The number of hydrogen-bond acceptors (Lipinski definition) is 5. The lowest BCUT2D eigenvalue weighted by atomic mass is 10.2. The number of pyridine rings is 1. The minimum absolute atomic E-state index is 0.129. The summed E-state index contributed by atoms with van der Waals surface area (Å²) in [5.41, 5.74) is 1.35. The standard InChI is InChI=1S/C20H21BrN4O3/c21-15-7-8-18(22-14-15)23-10-12-24(13-11-23)19(26)6-3-9-25-16-4-1-2-5-17(16)28-20(25)27/h1-2,4-5,7-8,14H,3,6,9-13H2. The molecule has 3 heterocycles. The van der Waals surface area contributed by atoms with Crippen LogP contribution in [-0.4, -0.2) is 46.5 Å². The molecule has 3 aromatic rings. The first kappa shape index (κ1) is 18.7. The molecule has 0 aliphatic carbocycles. The van der Waals surface area contributed by atoms with Gasteiger partial charge in [0.05, 0.1) is 5.52 Å². The molecule has 1 aliphatic heterocycles. The molecule has 1 saturated heterocycles. The van der Waals surface area contributed by atoms with Crippen molar-refractivity contribution in [2.24, 2.45) is 0 Å². The Hall–Kier alpha value is -2.61. The maximum Gasteiger partial charge on any atom is 0.419 e. The highest BCUT2D eigenvalue weighted by molar-refractivity contribution is 9.10. The van der Waals surface area contributed by atoms with Gasteiger partial charge in [0.25, 0.3) is 0 Å². The number of aryl methyl sites for hydroxylation is 1. The van der Waals surface area contributed by atoms with E-state index in [0.29, 0.717) is 38.1 Å². The summed E-state index contributed by atoms with van der Waals surface area (Å²) in [6.45, 7) is 3.39. The van der Waals surface area contributed by atoms with Gasteiger partial charge < -0.3 is 14.2 Å². The Morgan fingerprint density at radius 3 is 2.64 bits per heavy atom. The topological polar surface area (TPSA) is 71.6 Å². The number of hydrogen-bond donors (Lipinski definition) is 0. The number of rotatable bonds is 5. The molecular weight excluding hydrogens is 424 g/mol. The van der Waals surface area contributed by atoms with Crippen molar-refractivity contribution < 1.29 is 9.21 Å². The molecule has 28 heavy (non-hydrogen) atoms. The van der Waals surface area contributed by atoms with Gasteiger partial charge in [0.15, 0.2) is 5.58 Å². The number of aromatic nitrogens is 2. The second-order valence-corrected chi connectivity index (χ2v) is 7.71. The first-order valence-corrected chi connectivity index (χ1v) is 10.1. The minimum atomic E-state index is -0.371. The molecule has 1 amide bonds. The largest absolute Gasteiger partial charge is 0.419 e. The number of oxazole rings is 1. The van der Waals surface area contributed by atoms with Gasteiger partial charge in [0.1, 0.15) is 5.82 Å². The molecule has 0 spiro atoms. The molecule has 7 nitrogen and oxygen atoms in total. The van der Waals surface area contributed by atoms with Crippen LogP contribution in [0.2, 0.25) is 0 Å². The molecule has 0 bridgehead atoms. The van der Waals surface area contributed by atoms with Crippen LogP contribution in [0, 0.1) is 0 Å². The second-order valence-electron chi connectivity index (χ2n) is 6.79. The number of halogens is 1. The maximum absolute atomic E-state index is 12.5. The summed E-state index contributed by atoms with van der Waals surface area (Å²) in [7, 11) is 0. The zero-order valence-corrected chi connectivity index (χ0v) is 17.0. The smallest absolute Gasteiger partial charge is 0.408 e. The van der Waals surface area contributed by atoms with Crippen molar-refractivity contribution in [3.63, 3.8) is 0 Å². The first-order valence-electron chi connectivity index (χ1n) is 9.34. The number of anilines is 1. The fourth-order valence-corrected chi connectivity index (χ4v) is 3.75. The zero-order valence-electron chi connectivity index (χ0n) is 15.4. The predicted molar refractivity (Wildman–Crippen MR) is 110 cm³/mol. The molecule has 1 aromatic carbocycles. The van der Waals surface area contributed by atoms with E-state index in [4.69, 9.17) is 4.42 Å². The number of nitrogens with zero attached hydrogens (tertiary/aromatic N) is 4. The number of carbonyl (C=O) groups is 1. The molecule has 1 aliphatic rings. The SMILES string of the molecule is O=C(CCCn1c(=O)oc2ccccc21)N1CCN(c2ccc(Br)cn2)CC1.